The molecule has 0 heterocycles. The Kier molecular flexibility index (Phi) is 22.3. The van der Waals surface area contributed by atoms with Gasteiger partial charge in [-0.2, -0.15) is 0 Å². The summed E-state index contributed by atoms with van der Waals surface area (Å²) in [5, 5.41) is 0. The predicted octanol–water partition coefficient (Wildman–Crippen LogP) is 12.6. The predicted molar refractivity (Wildman–Crippen MR) is 333 cm³/mol. The van der Waals surface area contributed by atoms with Gasteiger partial charge >= 0.3 is 5.97 Å². The molecule has 0 fully saturated rings. The third kappa shape index (κ3) is 17.2. The minimum Gasteiger partial charge on any atom is -0.456 e. The number of rotatable bonds is 25. The average Bonchev–Trinajstić information content (AvgIpc) is 3.67. The Morgan fingerprint density at radius 1 is 0.282 bits per heavy atom. The molecule has 0 unspecified atom stereocenters. The molecule has 7 aromatic rings. The number of nitrogens with zero attached hydrogens (tertiary/aromatic N) is 6. The molecule has 0 saturated heterocycles. The first-order valence-corrected chi connectivity index (χ1v) is 29.4. The molecule has 0 aromatic heterocycles. The van der Waals surface area contributed by atoms with Crippen LogP contribution in [0.4, 0.5) is 0 Å². The van der Waals surface area contributed by atoms with Gasteiger partial charge in [0.25, 0.3) is 35.4 Å². The highest BCUT2D eigenvalue weighted by atomic mass is 16.6. The number of carbonyl (C=O) groups is 7. The maximum Gasteiger partial charge on any atom is 0.338 e. The Balaban J connectivity index is 0.955. The van der Waals surface area contributed by atoms with Crippen LogP contribution in [0.2, 0.25) is 0 Å². The molecule has 0 aliphatic carbocycles. The maximum atomic E-state index is 14.2. The van der Waals surface area contributed by atoms with Gasteiger partial charge in [-0.1, -0.05) is 91.0 Å². The molecule has 0 bridgehead atoms. The lowest BCUT2D eigenvalue weighted by Crippen LogP contribution is -2.32. The summed E-state index contributed by atoms with van der Waals surface area (Å²) in [5.74, 6) is -1.38. The normalized spacial score (nSPS) is 11.1. The molecule has 14 nitrogen and oxygen atoms in total. The molecular weight excluding hydrogens is 1060 g/mol. The van der Waals surface area contributed by atoms with E-state index in [-0.39, 0.29) is 61.6 Å². The number of hydrogen-bond donors (Lipinski definition) is 0. The van der Waals surface area contributed by atoms with E-state index in [0.717, 1.165) is 33.4 Å². The van der Waals surface area contributed by atoms with E-state index >= 15 is 0 Å². The summed E-state index contributed by atoms with van der Waals surface area (Å²) in [6.07, 6.45) is 0. The topological polar surface area (TPSA) is 148 Å². The Bertz CT molecular complexity index is 3480. The van der Waals surface area contributed by atoms with Gasteiger partial charge in [0.15, 0.2) is 0 Å². The fourth-order valence-electron chi connectivity index (χ4n) is 10.1. The third-order valence-electron chi connectivity index (χ3n) is 14.7. The van der Waals surface area contributed by atoms with Gasteiger partial charge in [-0.3, -0.25) is 28.8 Å². The van der Waals surface area contributed by atoms with E-state index in [4.69, 9.17) is 4.74 Å². The Morgan fingerprint density at radius 2 is 0.482 bits per heavy atom. The first-order valence-electron chi connectivity index (χ1n) is 29.4. The van der Waals surface area contributed by atoms with Crippen LogP contribution in [0.1, 0.15) is 168 Å². The van der Waals surface area contributed by atoms with Crippen molar-refractivity contribution in [3.63, 3.8) is 0 Å². The SMILES string of the molecule is CCN(Cc1cccc(C(=O)N(CC)Cc2cccc(C(=O)N(CC)Cc3cccc(C(=O)N(CC)Cc4cccc(C(=O)N(CC)Cc5cccc(C(=O)N(CC)Cc6cccc(C(=O)OC(C)(C)C)c6)c5)c4)c3)c2)c1)C(=O)c1ccccc1. The highest BCUT2D eigenvalue weighted by Gasteiger charge is 2.24. The molecule has 0 radical (unpaired) electrons. The van der Waals surface area contributed by atoms with E-state index in [9.17, 15) is 33.6 Å². The quantitative estimate of drug-likeness (QED) is 0.0514. The summed E-state index contributed by atoms with van der Waals surface area (Å²) in [7, 11) is 0. The second-order valence-corrected chi connectivity index (χ2v) is 22.0. The fourth-order valence-corrected chi connectivity index (χ4v) is 10.1. The second-order valence-electron chi connectivity index (χ2n) is 22.0. The first kappa shape index (κ1) is 63.4. The summed E-state index contributed by atoms with van der Waals surface area (Å²) < 4.78 is 5.56. The Morgan fingerprint density at radius 3 is 0.706 bits per heavy atom. The van der Waals surface area contributed by atoms with Crippen LogP contribution in [-0.4, -0.2) is 116 Å². The second kappa shape index (κ2) is 29.9. The van der Waals surface area contributed by atoms with Gasteiger partial charge < -0.3 is 34.1 Å². The number of benzene rings is 7. The number of hydrogen-bond acceptors (Lipinski definition) is 8. The van der Waals surface area contributed by atoms with Gasteiger partial charge in [0.05, 0.1) is 5.56 Å². The molecule has 0 saturated carbocycles. The molecule has 0 aliphatic heterocycles. The first-order chi connectivity index (χ1) is 40.8. The summed E-state index contributed by atoms with van der Waals surface area (Å²) in [6.45, 7) is 21.3. The van der Waals surface area contributed by atoms with Crippen LogP contribution in [0.5, 0.6) is 0 Å². The zero-order valence-corrected chi connectivity index (χ0v) is 50.7. The van der Waals surface area contributed by atoms with E-state index in [1.54, 1.807) is 90.1 Å². The third-order valence-corrected chi connectivity index (χ3v) is 14.7. The highest BCUT2D eigenvalue weighted by molar-refractivity contribution is 5.98. The molecule has 14 heteroatoms. The van der Waals surface area contributed by atoms with Gasteiger partial charge in [-0.05, 0) is 181 Å². The molecule has 442 valence electrons. The summed E-state index contributed by atoms with van der Waals surface area (Å²) in [6, 6.07) is 53.0. The van der Waals surface area contributed by atoms with Gasteiger partial charge in [-0.15, -0.1) is 0 Å². The maximum absolute atomic E-state index is 14.2. The highest BCUT2D eigenvalue weighted by Crippen LogP contribution is 2.22. The van der Waals surface area contributed by atoms with E-state index in [0.29, 0.717) is 91.3 Å². The standard InChI is InChI=1S/C71H80N6O8/c1-10-72(64(78)57-31-17-16-18-32-57)45-51-25-19-33-58(39-51)65(79)73(11-2)46-52-26-20-34-59(40-52)66(80)74(12-3)47-53-27-21-35-60(41-53)67(81)75(13-4)48-54-28-22-36-61(42-54)68(82)76(14-5)49-55-29-23-37-62(43-55)69(83)77(15-6)50-56-30-24-38-63(44-56)70(84)85-71(7,8)9/h16-44H,10-15,45-50H2,1-9H3. The van der Waals surface area contributed by atoms with Crippen LogP contribution in [0.15, 0.2) is 176 Å². The average molecular weight is 1150 g/mol. The van der Waals surface area contributed by atoms with Crippen molar-refractivity contribution in [2.24, 2.45) is 0 Å². The van der Waals surface area contributed by atoms with Crippen LogP contribution in [-0.2, 0) is 44.0 Å². The Hall–Kier alpha value is -9.17. The molecule has 0 spiro atoms. The molecule has 85 heavy (non-hydrogen) atoms. The lowest BCUT2D eigenvalue weighted by molar-refractivity contribution is 0.00685. The lowest BCUT2D eigenvalue weighted by atomic mass is 10.1. The van der Waals surface area contributed by atoms with Crippen molar-refractivity contribution in [3.05, 3.63) is 248 Å². The largest absolute Gasteiger partial charge is 0.456 e. The van der Waals surface area contributed by atoms with E-state index in [1.165, 1.54) is 0 Å². The van der Waals surface area contributed by atoms with Crippen molar-refractivity contribution in [2.75, 3.05) is 39.3 Å². The number of esters is 1. The molecule has 0 aliphatic rings. The van der Waals surface area contributed by atoms with Crippen LogP contribution in [0.3, 0.4) is 0 Å². The van der Waals surface area contributed by atoms with Crippen molar-refractivity contribution in [1.82, 2.24) is 29.4 Å². The molecule has 6 amide bonds. The number of amides is 6. The molecule has 0 N–H and O–H groups in total. The van der Waals surface area contributed by atoms with Crippen molar-refractivity contribution >= 4 is 41.4 Å². The fraction of sp³-hybridized carbons (Fsp3) is 0.310. The van der Waals surface area contributed by atoms with Crippen molar-refractivity contribution in [3.8, 4) is 0 Å². The minimum absolute atomic E-state index is 0.0744. The molecule has 0 atom stereocenters. The van der Waals surface area contributed by atoms with E-state index in [1.807, 2.05) is 178 Å². The van der Waals surface area contributed by atoms with Crippen LogP contribution >= 0.6 is 0 Å². The summed E-state index contributed by atoms with van der Waals surface area (Å²) in [5.41, 5.74) is 7.66. The zero-order valence-electron chi connectivity index (χ0n) is 50.7. The van der Waals surface area contributed by atoms with E-state index < -0.39 is 11.6 Å². The van der Waals surface area contributed by atoms with Crippen LogP contribution < -0.4 is 0 Å². The van der Waals surface area contributed by atoms with Gasteiger partial charge in [0.1, 0.15) is 5.60 Å². The molecular formula is C71H80N6O8. The van der Waals surface area contributed by atoms with Gasteiger partial charge in [0, 0.05) is 112 Å². The van der Waals surface area contributed by atoms with E-state index in [2.05, 4.69) is 0 Å². The smallest absolute Gasteiger partial charge is 0.338 e. The Labute approximate surface area is 501 Å². The summed E-state index contributed by atoms with van der Waals surface area (Å²) in [4.78, 5) is 107. The van der Waals surface area contributed by atoms with Gasteiger partial charge in [-0.25, -0.2) is 4.79 Å². The molecule has 7 rings (SSSR count). The minimum atomic E-state index is -0.637. The van der Waals surface area contributed by atoms with Crippen LogP contribution in [0.25, 0.3) is 0 Å². The van der Waals surface area contributed by atoms with Crippen LogP contribution in [0, 0.1) is 0 Å². The van der Waals surface area contributed by atoms with Crippen molar-refractivity contribution in [2.45, 2.75) is 107 Å². The van der Waals surface area contributed by atoms with Crippen molar-refractivity contribution in [1.29, 1.82) is 0 Å². The number of ether oxygens (including phenoxy) is 1. The lowest BCUT2D eigenvalue weighted by Gasteiger charge is -2.25. The summed E-state index contributed by atoms with van der Waals surface area (Å²) >= 11 is 0. The number of carbonyl (C=O) groups excluding carboxylic acids is 7. The van der Waals surface area contributed by atoms with Crippen molar-refractivity contribution < 1.29 is 38.3 Å². The zero-order chi connectivity index (χ0) is 61.2. The monoisotopic (exact) mass is 1140 g/mol. The van der Waals surface area contributed by atoms with Gasteiger partial charge in [0.2, 0.25) is 0 Å². The molecule has 7 aromatic carbocycles.